The van der Waals surface area contributed by atoms with E-state index in [9.17, 15) is 8.78 Å². The van der Waals surface area contributed by atoms with Crippen LogP contribution in [0.2, 0.25) is 10.3 Å². The van der Waals surface area contributed by atoms with E-state index >= 15 is 0 Å². The lowest BCUT2D eigenvalue weighted by Crippen LogP contribution is -2.13. The first-order valence-corrected chi connectivity index (χ1v) is 5.21. The third-order valence-corrected chi connectivity index (χ3v) is 3.07. The van der Waals surface area contributed by atoms with Crippen LogP contribution in [0.3, 0.4) is 0 Å². The van der Waals surface area contributed by atoms with E-state index in [4.69, 9.17) is 23.2 Å². The highest BCUT2D eigenvalue weighted by Gasteiger charge is 2.53. The molecule has 15 heavy (non-hydrogen) atoms. The van der Waals surface area contributed by atoms with Gasteiger partial charge >= 0.3 is 0 Å². The fourth-order valence-corrected chi connectivity index (χ4v) is 2.11. The maximum atomic E-state index is 13.0. The summed E-state index contributed by atoms with van der Waals surface area (Å²) < 4.78 is 25.9. The molecule has 1 aromatic rings. The lowest BCUT2D eigenvalue weighted by molar-refractivity contribution is -0.00398. The largest absolute Gasteiger partial charge is 0.248 e. The Hall–Kier alpha value is -0.480. The number of halogens is 4. The van der Waals surface area contributed by atoms with Crippen LogP contribution in [0, 0.1) is 5.92 Å². The summed E-state index contributed by atoms with van der Waals surface area (Å²) >= 11 is 11.4. The summed E-state index contributed by atoms with van der Waals surface area (Å²) in [5.74, 6) is -3.58. The van der Waals surface area contributed by atoms with Crippen LogP contribution in [0.15, 0.2) is 6.07 Å². The Morgan fingerprint density at radius 2 is 2.07 bits per heavy atom. The number of rotatable bonds is 2. The summed E-state index contributed by atoms with van der Waals surface area (Å²) in [6.07, 6.45) is 0.422. The molecular formula is C9H8Cl2F2N2. The van der Waals surface area contributed by atoms with Gasteiger partial charge in [-0.25, -0.2) is 8.78 Å². The van der Waals surface area contributed by atoms with E-state index in [2.05, 4.69) is 10.2 Å². The predicted molar refractivity (Wildman–Crippen MR) is 53.5 cm³/mol. The zero-order chi connectivity index (χ0) is 11.2. The summed E-state index contributed by atoms with van der Waals surface area (Å²) in [5.41, 5.74) is 0.572. The summed E-state index contributed by atoms with van der Waals surface area (Å²) in [7, 11) is 0. The number of aromatic nitrogens is 2. The van der Waals surface area contributed by atoms with Gasteiger partial charge in [-0.3, -0.25) is 0 Å². The molecule has 1 fully saturated rings. The Labute approximate surface area is 95.6 Å². The molecule has 0 bridgehead atoms. The molecule has 1 aliphatic carbocycles. The van der Waals surface area contributed by atoms with Crippen molar-refractivity contribution in [3.8, 4) is 0 Å². The van der Waals surface area contributed by atoms with Crippen molar-refractivity contribution < 1.29 is 8.78 Å². The standard InChI is InChI=1S/C9H8Cl2F2N2/c1-9(12,13)6-2-4(6)5-3-7(10)14-15-8(5)11/h3-4,6H,2H2,1H3/t4-,6+/m0/s1. The Morgan fingerprint density at radius 1 is 1.40 bits per heavy atom. The molecule has 1 heterocycles. The van der Waals surface area contributed by atoms with Gasteiger partial charge in [0, 0.05) is 5.92 Å². The SMILES string of the molecule is CC(F)(F)[C@@H]1C[C@H]1c1cc(Cl)nnc1Cl. The Balaban J connectivity index is 2.23. The van der Waals surface area contributed by atoms with Crippen molar-refractivity contribution in [2.75, 3.05) is 0 Å². The molecule has 2 atom stereocenters. The number of hydrogen-bond donors (Lipinski definition) is 0. The second-order valence-corrected chi connectivity index (χ2v) is 4.56. The number of nitrogens with zero attached hydrogens (tertiary/aromatic N) is 2. The highest BCUT2D eigenvalue weighted by Crippen LogP contribution is 2.56. The second-order valence-electron chi connectivity index (χ2n) is 3.82. The van der Waals surface area contributed by atoms with Crippen molar-refractivity contribution in [2.45, 2.75) is 25.2 Å². The fourth-order valence-electron chi connectivity index (χ4n) is 1.73. The molecular weight excluding hydrogens is 245 g/mol. The topological polar surface area (TPSA) is 25.8 Å². The first-order chi connectivity index (χ1) is 6.89. The highest BCUT2D eigenvalue weighted by atomic mass is 35.5. The average Bonchev–Trinajstić information content (AvgIpc) is 2.87. The van der Waals surface area contributed by atoms with E-state index in [1.165, 1.54) is 6.07 Å². The predicted octanol–water partition coefficient (Wildman–Crippen LogP) is 3.54. The first kappa shape index (κ1) is 11.0. The van der Waals surface area contributed by atoms with Crippen molar-refractivity contribution in [1.29, 1.82) is 0 Å². The van der Waals surface area contributed by atoms with E-state index < -0.39 is 11.8 Å². The molecule has 0 N–H and O–H groups in total. The molecule has 0 aliphatic heterocycles. The second kappa shape index (κ2) is 3.52. The third kappa shape index (κ3) is 2.21. The van der Waals surface area contributed by atoms with Gasteiger partial charge in [0.1, 0.15) is 0 Å². The number of alkyl halides is 2. The minimum Gasteiger partial charge on any atom is -0.207 e. The number of hydrogen-bond acceptors (Lipinski definition) is 2. The van der Waals surface area contributed by atoms with Crippen molar-refractivity contribution in [3.63, 3.8) is 0 Å². The third-order valence-electron chi connectivity index (χ3n) is 2.59. The first-order valence-electron chi connectivity index (χ1n) is 4.46. The minimum atomic E-state index is -2.68. The van der Waals surface area contributed by atoms with Crippen LogP contribution in [0.4, 0.5) is 8.78 Å². The highest BCUT2D eigenvalue weighted by molar-refractivity contribution is 6.31. The van der Waals surface area contributed by atoms with Gasteiger partial charge in [0.15, 0.2) is 10.3 Å². The van der Waals surface area contributed by atoms with Crippen LogP contribution >= 0.6 is 23.2 Å². The van der Waals surface area contributed by atoms with Crippen molar-refractivity contribution in [1.82, 2.24) is 10.2 Å². The van der Waals surface area contributed by atoms with E-state index in [0.29, 0.717) is 12.0 Å². The molecule has 6 heteroatoms. The Bertz CT molecular complexity index is 392. The van der Waals surface area contributed by atoms with Gasteiger partial charge in [0.25, 0.3) is 0 Å². The van der Waals surface area contributed by atoms with Gasteiger partial charge in [0.2, 0.25) is 5.92 Å². The summed E-state index contributed by atoms with van der Waals surface area (Å²) in [4.78, 5) is 0. The molecule has 1 aliphatic rings. The molecule has 2 rings (SSSR count). The normalized spacial score (nSPS) is 25.4. The van der Waals surface area contributed by atoms with Crippen molar-refractivity contribution >= 4 is 23.2 Å². The van der Waals surface area contributed by atoms with Gasteiger partial charge in [0.05, 0.1) is 0 Å². The monoisotopic (exact) mass is 252 g/mol. The smallest absolute Gasteiger partial charge is 0.207 e. The fraction of sp³-hybridized carbons (Fsp3) is 0.556. The van der Waals surface area contributed by atoms with Crippen molar-refractivity contribution in [2.24, 2.45) is 5.92 Å². The zero-order valence-electron chi connectivity index (χ0n) is 7.85. The average molecular weight is 253 g/mol. The molecule has 0 saturated heterocycles. The summed E-state index contributed by atoms with van der Waals surface area (Å²) in [5, 5.41) is 7.47. The van der Waals surface area contributed by atoms with E-state index in [1.54, 1.807) is 0 Å². The van der Waals surface area contributed by atoms with E-state index in [1.807, 2.05) is 0 Å². The van der Waals surface area contributed by atoms with Gasteiger partial charge in [-0.1, -0.05) is 23.2 Å². The van der Waals surface area contributed by atoms with Gasteiger partial charge in [-0.05, 0) is 30.9 Å². The van der Waals surface area contributed by atoms with E-state index in [0.717, 1.165) is 6.92 Å². The molecule has 1 aromatic heterocycles. The lowest BCUT2D eigenvalue weighted by atomic mass is 10.1. The van der Waals surface area contributed by atoms with Crippen molar-refractivity contribution in [3.05, 3.63) is 21.9 Å². The van der Waals surface area contributed by atoms with Crippen LogP contribution in [-0.2, 0) is 0 Å². The van der Waals surface area contributed by atoms with Crippen LogP contribution < -0.4 is 0 Å². The van der Waals surface area contributed by atoms with Gasteiger partial charge in [-0.2, -0.15) is 0 Å². The van der Waals surface area contributed by atoms with Crippen LogP contribution in [-0.4, -0.2) is 16.1 Å². The van der Waals surface area contributed by atoms with E-state index in [-0.39, 0.29) is 16.2 Å². The molecule has 0 radical (unpaired) electrons. The molecule has 0 amide bonds. The lowest BCUT2D eigenvalue weighted by Gasteiger charge is -2.09. The zero-order valence-corrected chi connectivity index (χ0v) is 9.36. The van der Waals surface area contributed by atoms with Crippen LogP contribution in [0.1, 0.15) is 24.8 Å². The van der Waals surface area contributed by atoms with Gasteiger partial charge < -0.3 is 0 Å². The van der Waals surface area contributed by atoms with Crippen LogP contribution in [0.5, 0.6) is 0 Å². The molecule has 2 nitrogen and oxygen atoms in total. The minimum absolute atomic E-state index is 0.163. The summed E-state index contributed by atoms with van der Waals surface area (Å²) in [6.45, 7) is 0.918. The molecule has 1 saturated carbocycles. The molecule has 82 valence electrons. The Morgan fingerprint density at radius 3 is 2.60 bits per heavy atom. The molecule has 0 unspecified atom stereocenters. The Kier molecular flexibility index (Phi) is 2.59. The summed E-state index contributed by atoms with van der Waals surface area (Å²) in [6, 6.07) is 1.51. The van der Waals surface area contributed by atoms with Crippen LogP contribution in [0.25, 0.3) is 0 Å². The molecule has 0 spiro atoms. The molecule has 0 aromatic carbocycles. The maximum absolute atomic E-state index is 13.0. The quantitative estimate of drug-likeness (QED) is 0.805. The van der Waals surface area contributed by atoms with Gasteiger partial charge in [-0.15, -0.1) is 10.2 Å². The maximum Gasteiger partial charge on any atom is 0.248 e.